The number of hydrogen-bond donors (Lipinski definition) is 0. The van der Waals surface area contributed by atoms with Crippen molar-refractivity contribution in [2.75, 3.05) is 4.90 Å². The number of carbonyl (C=O) groups is 3. The van der Waals surface area contributed by atoms with Gasteiger partial charge in [0.15, 0.2) is 0 Å². The van der Waals surface area contributed by atoms with Crippen LogP contribution in [0.25, 0.3) is 0 Å². The Kier molecular flexibility index (Phi) is 5.51. The molecule has 5 aliphatic rings. The highest BCUT2D eigenvalue weighted by molar-refractivity contribution is 9.10. The number of alkyl halides is 2. The van der Waals surface area contributed by atoms with E-state index in [-0.39, 0.29) is 23.9 Å². The van der Waals surface area contributed by atoms with Crippen molar-refractivity contribution in [3.8, 4) is 0 Å². The van der Waals surface area contributed by atoms with E-state index in [9.17, 15) is 14.4 Å². The average molecular weight is 635 g/mol. The van der Waals surface area contributed by atoms with E-state index in [2.05, 4.69) is 31.9 Å². The average Bonchev–Trinajstić information content (AvgIpc) is 3.23. The summed E-state index contributed by atoms with van der Waals surface area (Å²) in [5, 5.41) is 0. The first kappa shape index (κ1) is 24.3. The Morgan fingerprint density at radius 2 is 1.16 bits per heavy atom. The predicted molar refractivity (Wildman–Crippen MR) is 151 cm³/mol. The van der Waals surface area contributed by atoms with E-state index in [0.29, 0.717) is 11.3 Å². The molecular formula is C31H25Br2NO4. The number of carbonyl (C=O) groups excluding carboxylic acids is 3. The Balaban J connectivity index is 1.27. The van der Waals surface area contributed by atoms with Crippen LogP contribution >= 0.6 is 31.9 Å². The van der Waals surface area contributed by atoms with Crippen LogP contribution in [-0.2, 0) is 23.0 Å². The van der Waals surface area contributed by atoms with Gasteiger partial charge in [-0.15, -0.1) is 0 Å². The minimum absolute atomic E-state index is 0.0373. The zero-order valence-corrected chi connectivity index (χ0v) is 23.7. The molecule has 0 unspecified atom stereocenters. The van der Waals surface area contributed by atoms with E-state index in [1.54, 1.807) is 24.3 Å². The molecular weight excluding hydrogens is 610 g/mol. The molecule has 1 saturated carbocycles. The highest BCUT2D eigenvalue weighted by Gasteiger charge is 2.72. The Morgan fingerprint density at radius 3 is 1.61 bits per heavy atom. The molecule has 5 nitrogen and oxygen atoms in total. The zero-order chi connectivity index (χ0) is 26.2. The summed E-state index contributed by atoms with van der Waals surface area (Å²) in [4.78, 5) is 42.3. The molecule has 2 bridgehead atoms. The van der Waals surface area contributed by atoms with Crippen LogP contribution in [0.3, 0.4) is 0 Å². The van der Waals surface area contributed by atoms with Crippen molar-refractivity contribution in [3.05, 3.63) is 101 Å². The van der Waals surface area contributed by atoms with Gasteiger partial charge in [0.1, 0.15) is 6.10 Å². The molecule has 0 spiro atoms. The maximum Gasteiger partial charge on any atom is 0.338 e. The number of anilines is 1. The molecule has 38 heavy (non-hydrogen) atoms. The van der Waals surface area contributed by atoms with E-state index in [1.807, 2.05) is 48.5 Å². The van der Waals surface area contributed by atoms with Crippen molar-refractivity contribution < 1.29 is 19.1 Å². The fraction of sp³-hybridized carbons (Fsp3) is 0.323. The smallest absolute Gasteiger partial charge is 0.338 e. The van der Waals surface area contributed by atoms with Crippen LogP contribution in [0.4, 0.5) is 5.69 Å². The lowest BCUT2D eigenvalue weighted by Crippen LogP contribution is -2.56. The number of nitrogens with zero attached hydrogens (tertiary/aromatic N) is 1. The van der Waals surface area contributed by atoms with Gasteiger partial charge in [0, 0.05) is 0 Å². The van der Waals surface area contributed by atoms with E-state index >= 15 is 0 Å². The molecule has 3 aromatic rings. The van der Waals surface area contributed by atoms with Crippen LogP contribution in [0, 0.1) is 11.8 Å². The standard InChI is InChI=1S/C31H25Br2NO4/c32-30-21-10-4-5-11-22(21)31(33,24-13-7-6-12-23(24)30)26-25(30)27(35)34(28(26)36)19-16-14-18(15-17-19)29(37)38-20-8-2-1-3-9-20/h4-7,10-17,20,25-26H,1-3,8-9H2/t25-,26+,30?,31?. The second-order valence-corrected chi connectivity index (χ2v) is 13.2. The van der Waals surface area contributed by atoms with Gasteiger partial charge in [0.2, 0.25) is 11.8 Å². The first-order chi connectivity index (χ1) is 18.4. The molecule has 192 valence electrons. The molecule has 2 fully saturated rings. The molecule has 0 N–H and O–H groups in total. The van der Waals surface area contributed by atoms with Crippen molar-refractivity contribution in [2.24, 2.45) is 11.8 Å². The summed E-state index contributed by atoms with van der Waals surface area (Å²) in [7, 11) is 0. The number of benzene rings is 3. The lowest BCUT2D eigenvalue weighted by molar-refractivity contribution is -0.122. The first-order valence-electron chi connectivity index (χ1n) is 13.1. The van der Waals surface area contributed by atoms with Gasteiger partial charge in [-0.2, -0.15) is 0 Å². The van der Waals surface area contributed by atoms with Gasteiger partial charge in [0.25, 0.3) is 0 Å². The monoisotopic (exact) mass is 633 g/mol. The lowest BCUT2D eigenvalue weighted by atomic mass is 9.54. The number of imide groups is 1. The van der Waals surface area contributed by atoms with E-state index in [1.165, 1.54) is 11.3 Å². The number of halogens is 2. The second-order valence-electron chi connectivity index (χ2n) is 10.7. The summed E-state index contributed by atoms with van der Waals surface area (Å²) in [5.74, 6) is -2.12. The van der Waals surface area contributed by atoms with Crippen molar-refractivity contribution >= 4 is 55.3 Å². The number of rotatable bonds is 3. The Hall–Kier alpha value is -2.77. The SMILES string of the molecule is O=C(OC1CCCCC1)c1ccc(N2C(=O)[C@@H]3[C@H](C2=O)C2(Br)c4ccccc4C3(Br)c3ccccc32)cc1. The van der Waals surface area contributed by atoms with Crippen molar-refractivity contribution in [1.82, 2.24) is 0 Å². The molecule has 0 radical (unpaired) electrons. The third-order valence-corrected chi connectivity index (χ3v) is 11.5. The molecule has 7 heteroatoms. The molecule has 0 aromatic heterocycles. The summed E-state index contributed by atoms with van der Waals surface area (Å²) in [6.45, 7) is 0. The molecule has 2 atom stereocenters. The van der Waals surface area contributed by atoms with Gasteiger partial charge in [-0.1, -0.05) is 86.8 Å². The summed E-state index contributed by atoms with van der Waals surface area (Å²) in [5.41, 5.74) is 4.88. The quantitative estimate of drug-likeness (QED) is 0.185. The Bertz CT molecular complexity index is 1370. The molecule has 8 rings (SSSR count). The normalized spacial score (nSPS) is 29.6. The number of hydrogen-bond acceptors (Lipinski definition) is 4. The maximum atomic E-state index is 14.2. The summed E-state index contributed by atoms with van der Waals surface area (Å²) >= 11 is 8.05. The van der Waals surface area contributed by atoms with Gasteiger partial charge in [0.05, 0.1) is 31.7 Å². The minimum Gasteiger partial charge on any atom is -0.459 e. The van der Waals surface area contributed by atoms with Crippen LogP contribution in [0.15, 0.2) is 72.8 Å². The predicted octanol–water partition coefficient (Wildman–Crippen LogP) is 6.59. The molecule has 2 amide bonds. The fourth-order valence-corrected chi connectivity index (χ4v) is 9.37. The molecule has 1 saturated heterocycles. The highest BCUT2D eigenvalue weighted by Crippen LogP contribution is 2.70. The Morgan fingerprint density at radius 1 is 0.711 bits per heavy atom. The summed E-state index contributed by atoms with van der Waals surface area (Å²) < 4.78 is 4.04. The summed E-state index contributed by atoms with van der Waals surface area (Å²) in [6, 6.07) is 22.7. The van der Waals surface area contributed by atoms with Crippen LogP contribution in [0.5, 0.6) is 0 Å². The second kappa shape index (κ2) is 8.62. The molecule has 1 heterocycles. The van der Waals surface area contributed by atoms with Crippen LogP contribution in [0.1, 0.15) is 64.7 Å². The van der Waals surface area contributed by atoms with E-state index < -0.39 is 20.5 Å². The maximum absolute atomic E-state index is 14.2. The largest absolute Gasteiger partial charge is 0.459 e. The van der Waals surface area contributed by atoms with Crippen LogP contribution < -0.4 is 4.90 Å². The lowest BCUT2D eigenvalue weighted by Gasteiger charge is -2.55. The van der Waals surface area contributed by atoms with Crippen molar-refractivity contribution in [3.63, 3.8) is 0 Å². The van der Waals surface area contributed by atoms with Crippen molar-refractivity contribution in [1.29, 1.82) is 0 Å². The van der Waals surface area contributed by atoms with Gasteiger partial charge in [-0.25, -0.2) is 9.69 Å². The van der Waals surface area contributed by atoms with E-state index in [0.717, 1.165) is 47.9 Å². The van der Waals surface area contributed by atoms with Gasteiger partial charge < -0.3 is 4.74 Å². The number of ether oxygens (including phenoxy) is 1. The fourth-order valence-electron chi connectivity index (χ4n) is 7.07. The van der Waals surface area contributed by atoms with Gasteiger partial charge >= 0.3 is 5.97 Å². The summed E-state index contributed by atoms with van der Waals surface area (Å²) in [6.07, 6.45) is 5.11. The Labute approximate surface area is 237 Å². The number of esters is 1. The molecule has 1 aliphatic heterocycles. The van der Waals surface area contributed by atoms with Crippen LogP contribution in [-0.4, -0.2) is 23.9 Å². The third kappa shape index (κ3) is 3.12. The van der Waals surface area contributed by atoms with E-state index in [4.69, 9.17) is 4.74 Å². The van der Waals surface area contributed by atoms with Gasteiger partial charge in [-0.3, -0.25) is 9.59 Å². The van der Waals surface area contributed by atoms with Crippen LogP contribution in [0.2, 0.25) is 0 Å². The zero-order valence-electron chi connectivity index (χ0n) is 20.5. The topological polar surface area (TPSA) is 63.7 Å². The third-order valence-electron chi connectivity index (χ3n) is 8.77. The molecule has 4 aliphatic carbocycles. The first-order valence-corrected chi connectivity index (χ1v) is 14.7. The van der Waals surface area contributed by atoms with Crippen molar-refractivity contribution in [2.45, 2.75) is 46.9 Å². The van der Waals surface area contributed by atoms with Gasteiger partial charge in [-0.05, 0) is 72.2 Å². The number of amides is 2. The minimum atomic E-state index is -0.828. The molecule has 3 aromatic carbocycles. The highest BCUT2D eigenvalue weighted by atomic mass is 79.9.